The van der Waals surface area contributed by atoms with E-state index in [1.54, 1.807) is 6.92 Å². The molecule has 3 heteroatoms. The van der Waals surface area contributed by atoms with Crippen molar-refractivity contribution >= 4 is 5.97 Å². The monoisotopic (exact) mass is 292 g/mol. The predicted octanol–water partition coefficient (Wildman–Crippen LogP) is 3.32. The highest BCUT2D eigenvalue weighted by Crippen LogP contribution is 2.58. The van der Waals surface area contributed by atoms with Crippen LogP contribution in [-0.2, 0) is 9.53 Å². The lowest BCUT2D eigenvalue weighted by molar-refractivity contribution is -0.172. The molecular formula is C18H28O3. The van der Waals surface area contributed by atoms with E-state index in [0.717, 1.165) is 11.8 Å². The van der Waals surface area contributed by atoms with Gasteiger partial charge in [0.05, 0.1) is 6.10 Å². The first-order valence-corrected chi connectivity index (χ1v) is 8.54. The number of aliphatic hydroxyl groups excluding tert-OH is 1. The molecule has 0 aliphatic heterocycles. The van der Waals surface area contributed by atoms with Crippen LogP contribution in [-0.4, -0.2) is 23.3 Å². The van der Waals surface area contributed by atoms with E-state index < -0.39 is 6.10 Å². The molecule has 0 aromatic heterocycles. The van der Waals surface area contributed by atoms with E-state index in [1.165, 1.54) is 32.1 Å². The van der Waals surface area contributed by atoms with Gasteiger partial charge < -0.3 is 9.84 Å². The first kappa shape index (κ1) is 15.1. The van der Waals surface area contributed by atoms with Crippen LogP contribution in [0, 0.1) is 29.6 Å². The molecule has 0 amide bonds. The molecule has 118 valence electrons. The summed E-state index contributed by atoms with van der Waals surface area (Å²) in [5, 5.41) is 10.4. The molecule has 0 radical (unpaired) electrons. The van der Waals surface area contributed by atoms with Crippen LogP contribution in [0.3, 0.4) is 0 Å². The summed E-state index contributed by atoms with van der Waals surface area (Å²) in [6.07, 6.45) is 6.25. The van der Waals surface area contributed by atoms with E-state index >= 15 is 0 Å². The van der Waals surface area contributed by atoms with Crippen LogP contribution in [0.1, 0.15) is 52.4 Å². The Hall–Kier alpha value is -0.830. The molecule has 0 saturated heterocycles. The SMILES string of the molecule is C=C(C)C(=O)OC(C(O)CC)C1C2CC3CC(C2)CC1C3. The van der Waals surface area contributed by atoms with E-state index in [1.807, 2.05) is 6.92 Å². The number of ether oxygens (including phenoxy) is 1. The van der Waals surface area contributed by atoms with Crippen molar-refractivity contribution in [2.24, 2.45) is 29.6 Å². The van der Waals surface area contributed by atoms with Crippen molar-refractivity contribution in [1.29, 1.82) is 0 Å². The van der Waals surface area contributed by atoms with Crippen molar-refractivity contribution in [3.8, 4) is 0 Å². The standard InChI is InChI=1S/C18H28O3/c1-4-15(19)17(21-18(20)10(2)3)16-13-6-11-5-12(8-13)9-14(16)7-11/h11-17,19H,2,4-9H2,1,3H3. The molecule has 3 nitrogen and oxygen atoms in total. The van der Waals surface area contributed by atoms with E-state index in [4.69, 9.17) is 4.74 Å². The fourth-order valence-electron chi connectivity index (χ4n) is 5.37. The van der Waals surface area contributed by atoms with Gasteiger partial charge >= 0.3 is 5.97 Å². The number of aliphatic hydroxyl groups is 1. The van der Waals surface area contributed by atoms with Gasteiger partial charge in [-0.3, -0.25) is 0 Å². The second kappa shape index (κ2) is 5.75. The first-order valence-electron chi connectivity index (χ1n) is 8.54. The molecule has 4 aliphatic rings. The normalized spacial score (nSPS) is 39.9. The summed E-state index contributed by atoms with van der Waals surface area (Å²) < 4.78 is 5.70. The van der Waals surface area contributed by atoms with Crippen molar-refractivity contribution in [1.82, 2.24) is 0 Å². The number of hydrogen-bond acceptors (Lipinski definition) is 3. The van der Waals surface area contributed by atoms with Gasteiger partial charge in [-0.05, 0) is 69.1 Å². The maximum absolute atomic E-state index is 12.0. The average molecular weight is 292 g/mol. The zero-order valence-corrected chi connectivity index (χ0v) is 13.3. The topological polar surface area (TPSA) is 46.5 Å². The minimum Gasteiger partial charge on any atom is -0.456 e. The lowest BCUT2D eigenvalue weighted by Gasteiger charge is -2.56. The van der Waals surface area contributed by atoms with Crippen molar-refractivity contribution in [3.63, 3.8) is 0 Å². The largest absolute Gasteiger partial charge is 0.456 e. The van der Waals surface area contributed by atoms with Gasteiger partial charge in [-0.25, -0.2) is 4.79 Å². The number of rotatable bonds is 5. The van der Waals surface area contributed by atoms with Gasteiger partial charge in [0.1, 0.15) is 6.10 Å². The zero-order valence-electron chi connectivity index (χ0n) is 13.3. The Labute approximate surface area is 127 Å². The van der Waals surface area contributed by atoms with Crippen LogP contribution in [0.15, 0.2) is 12.2 Å². The van der Waals surface area contributed by atoms with Crippen LogP contribution in [0.25, 0.3) is 0 Å². The van der Waals surface area contributed by atoms with E-state index in [-0.39, 0.29) is 12.1 Å². The molecular weight excluding hydrogens is 264 g/mol. The molecule has 4 fully saturated rings. The van der Waals surface area contributed by atoms with Gasteiger partial charge in [-0.1, -0.05) is 13.5 Å². The number of hydrogen-bond donors (Lipinski definition) is 1. The third-order valence-corrected chi connectivity index (χ3v) is 6.07. The summed E-state index contributed by atoms with van der Waals surface area (Å²) in [6, 6.07) is 0. The van der Waals surface area contributed by atoms with Crippen molar-refractivity contribution < 1.29 is 14.6 Å². The molecule has 0 aromatic rings. The highest BCUT2D eigenvalue weighted by Gasteiger charge is 2.52. The highest BCUT2D eigenvalue weighted by molar-refractivity contribution is 5.87. The van der Waals surface area contributed by atoms with Crippen molar-refractivity contribution in [2.75, 3.05) is 0 Å². The summed E-state index contributed by atoms with van der Waals surface area (Å²) >= 11 is 0. The summed E-state index contributed by atoms with van der Waals surface area (Å²) in [6.45, 7) is 7.31. The van der Waals surface area contributed by atoms with Gasteiger partial charge in [-0.2, -0.15) is 0 Å². The lowest BCUT2D eigenvalue weighted by atomic mass is 9.50. The second-order valence-electron chi connectivity index (χ2n) is 7.63. The van der Waals surface area contributed by atoms with Gasteiger partial charge in [0.2, 0.25) is 0 Å². The van der Waals surface area contributed by atoms with Gasteiger partial charge in [0.25, 0.3) is 0 Å². The lowest BCUT2D eigenvalue weighted by Crippen LogP contribution is -2.53. The molecule has 4 saturated carbocycles. The maximum Gasteiger partial charge on any atom is 0.333 e. The molecule has 21 heavy (non-hydrogen) atoms. The Balaban J connectivity index is 1.79. The molecule has 0 spiro atoms. The minimum absolute atomic E-state index is 0.339. The summed E-state index contributed by atoms with van der Waals surface area (Å²) in [5.74, 6) is 3.08. The number of carbonyl (C=O) groups is 1. The summed E-state index contributed by atoms with van der Waals surface area (Å²) in [4.78, 5) is 12.0. The molecule has 4 bridgehead atoms. The van der Waals surface area contributed by atoms with E-state index in [9.17, 15) is 9.90 Å². The number of esters is 1. The Morgan fingerprint density at radius 2 is 1.71 bits per heavy atom. The molecule has 4 rings (SSSR count). The second-order valence-corrected chi connectivity index (χ2v) is 7.63. The molecule has 0 aromatic carbocycles. The van der Waals surface area contributed by atoms with Crippen LogP contribution < -0.4 is 0 Å². The molecule has 2 unspecified atom stereocenters. The van der Waals surface area contributed by atoms with Gasteiger partial charge in [0.15, 0.2) is 0 Å². The number of carbonyl (C=O) groups excluding carboxylic acids is 1. The van der Waals surface area contributed by atoms with E-state index in [2.05, 4.69) is 6.58 Å². The van der Waals surface area contributed by atoms with Crippen LogP contribution in [0.4, 0.5) is 0 Å². The minimum atomic E-state index is -0.546. The third kappa shape index (κ3) is 2.77. The van der Waals surface area contributed by atoms with Crippen molar-refractivity contribution in [2.45, 2.75) is 64.6 Å². The Morgan fingerprint density at radius 1 is 1.19 bits per heavy atom. The molecule has 2 atom stereocenters. The first-order chi connectivity index (χ1) is 9.99. The Bertz CT molecular complexity index is 400. The Morgan fingerprint density at radius 3 is 2.14 bits per heavy atom. The fraction of sp³-hybridized carbons (Fsp3) is 0.833. The van der Waals surface area contributed by atoms with Gasteiger partial charge in [0, 0.05) is 11.5 Å². The van der Waals surface area contributed by atoms with Crippen molar-refractivity contribution in [3.05, 3.63) is 12.2 Å². The maximum atomic E-state index is 12.0. The highest BCUT2D eigenvalue weighted by atomic mass is 16.6. The predicted molar refractivity (Wildman–Crippen MR) is 81.5 cm³/mol. The third-order valence-electron chi connectivity index (χ3n) is 6.07. The van der Waals surface area contributed by atoms with E-state index in [0.29, 0.717) is 29.7 Å². The molecule has 0 heterocycles. The molecule has 1 N–H and O–H groups in total. The van der Waals surface area contributed by atoms with Gasteiger partial charge in [-0.15, -0.1) is 0 Å². The van der Waals surface area contributed by atoms with Crippen LogP contribution >= 0.6 is 0 Å². The quantitative estimate of drug-likeness (QED) is 0.624. The molecule has 4 aliphatic carbocycles. The average Bonchev–Trinajstić information content (AvgIpc) is 2.43. The Kier molecular flexibility index (Phi) is 4.13. The summed E-state index contributed by atoms with van der Waals surface area (Å²) in [7, 11) is 0. The zero-order chi connectivity index (χ0) is 15.1. The fourth-order valence-corrected chi connectivity index (χ4v) is 5.37. The van der Waals surface area contributed by atoms with Crippen LogP contribution in [0.2, 0.25) is 0 Å². The summed E-state index contributed by atoms with van der Waals surface area (Å²) in [5.41, 5.74) is 0.423. The van der Waals surface area contributed by atoms with Crippen LogP contribution in [0.5, 0.6) is 0 Å². The smallest absolute Gasteiger partial charge is 0.333 e.